The van der Waals surface area contributed by atoms with Crippen LogP contribution in [0.1, 0.15) is 298 Å². The van der Waals surface area contributed by atoms with Crippen LogP contribution in [0.3, 0.4) is 0 Å². The molecule has 6 fully saturated rings. The van der Waals surface area contributed by atoms with Crippen LogP contribution in [0.5, 0.6) is 11.5 Å². The highest BCUT2D eigenvalue weighted by Gasteiger charge is 2.57. The molecule has 708 valence electrons. The van der Waals surface area contributed by atoms with Crippen molar-refractivity contribution in [3.05, 3.63) is 274 Å². The number of aromatic hydroxyl groups is 2. The van der Waals surface area contributed by atoms with E-state index in [0.717, 1.165) is 154 Å². The first-order valence-corrected chi connectivity index (χ1v) is 54.2. The second-order valence-corrected chi connectivity index (χ2v) is 49.8. The van der Waals surface area contributed by atoms with Crippen LogP contribution in [-0.2, 0) is 48.0 Å². The smallest absolute Gasteiger partial charge is 0.338 e. The quantitative estimate of drug-likeness (QED) is 0.0514. The summed E-state index contributed by atoms with van der Waals surface area (Å²) in [5.74, 6) is 2.91. The van der Waals surface area contributed by atoms with E-state index in [4.69, 9.17) is 9.47 Å². The number of fused-ring (bicyclic) bond motifs is 30. The van der Waals surface area contributed by atoms with Crippen molar-refractivity contribution < 1.29 is 59.5 Å². The normalized spacial score (nSPS) is 29.7. The summed E-state index contributed by atoms with van der Waals surface area (Å²) in [7, 11) is 0. The maximum Gasteiger partial charge on any atom is 0.338 e. The lowest BCUT2D eigenvalue weighted by atomic mass is 9.68. The number of hydrogen-bond acceptors (Lipinski definition) is 20. The number of thiophene rings is 6. The molecule has 0 spiro atoms. The molecule has 6 heterocycles. The third-order valence-electron chi connectivity index (χ3n) is 35.7. The molecular weight excluding hydrogens is 1810 g/mol. The van der Waals surface area contributed by atoms with Gasteiger partial charge in [0, 0.05) is 150 Å². The lowest BCUT2D eigenvalue weighted by molar-refractivity contribution is -0.385. The van der Waals surface area contributed by atoms with Gasteiger partial charge in [-0.1, -0.05) is 90.1 Å². The maximum atomic E-state index is 12.7. The van der Waals surface area contributed by atoms with Crippen LogP contribution >= 0.6 is 68.0 Å². The van der Waals surface area contributed by atoms with Crippen LogP contribution in [0, 0.1) is 80.4 Å². The number of esters is 2. The van der Waals surface area contributed by atoms with Crippen molar-refractivity contribution in [1.82, 2.24) is 0 Å². The second kappa shape index (κ2) is 35.5. The molecule has 6 saturated carbocycles. The van der Waals surface area contributed by atoms with E-state index in [1.807, 2.05) is 92.3 Å². The number of rotatable bonds is 6. The number of carbonyl (C=O) groups is 2. The Hall–Kier alpha value is -9.30. The van der Waals surface area contributed by atoms with Crippen LogP contribution in [0.4, 0.5) is 11.4 Å². The first kappa shape index (κ1) is 93.0. The van der Waals surface area contributed by atoms with Crippen LogP contribution in [0.15, 0.2) is 158 Å². The number of hydrogen-bond donors (Lipinski definition) is 6. The molecule has 22 heteroatoms. The molecule has 6 aromatic heterocycles. The van der Waals surface area contributed by atoms with Gasteiger partial charge in [0.2, 0.25) is 0 Å². The monoisotopic (exact) mass is 1930 g/mol. The zero-order valence-corrected chi connectivity index (χ0v) is 84.1. The van der Waals surface area contributed by atoms with Gasteiger partial charge in [0.05, 0.1) is 45.4 Å². The van der Waals surface area contributed by atoms with Crippen molar-refractivity contribution in [2.75, 3.05) is 0 Å². The Morgan fingerprint density at radius 3 is 0.757 bits per heavy atom. The minimum Gasteiger partial charge on any atom is -0.508 e. The highest BCUT2D eigenvalue weighted by Crippen LogP contribution is 2.66. The predicted octanol–water partition coefficient (Wildman–Crippen LogP) is 28.7. The van der Waals surface area contributed by atoms with E-state index in [1.54, 1.807) is 33.0 Å². The summed E-state index contributed by atoms with van der Waals surface area (Å²) in [6.45, 7) is 22.2. The Labute approximate surface area is 818 Å². The minimum atomic E-state index is -0.468. The molecule has 8 aromatic carbocycles. The van der Waals surface area contributed by atoms with E-state index >= 15 is 0 Å². The lowest BCUT2D eigenvalue weighted by Gasteiger charge is -2.39. The van der Waals surface area contributed by atoms with Crippen molar-refractivity contribution in [3.63, 3.8) is 0 Å². The minimum absolute atomic E-state index is 0.0285. The van der Waals surface area contributed by atoms with Crippen molar-refractivity contribution in [2.24, 2.45) is 32.5 Å². The number of phenols is 2. The van der Waals surface area contributed by atoms with Crippen molar-refractivity contribution in [2.45, 2.75) is 295 Å². The molecule has 14 aromatic rings. The van der Waals surface area contributed by atoms with Crippen LogP contribution in [-0.4, -0.2) is 89.0 Å². The van der Waals surface area contributed by atoms with Crippen LogP contribution in [0.25, 0.3) is 60.5 Å². The fourth-order valence-electron chi connectivity index (χ4n) is 27.1. The third kappa shape index (κ3) is 15.9. The SMILES string of the molecule is CC12CCc3c(sc4cc(O)ccc34)[C@@H]1CC[C@H]2O.CC12CCc3c(sc4cc(O)ccc34)[C@H]1CC[C@H]2O.Cc1ccc2c3c(sc2c1)C1CCC(OC(=O)c2ccc([N+](=O)[O-])cc2)C1(C)CC3.Cc1ccc2c3c(sc2c1)C1CCC(OC(=O)c2ccc([N+](=O)[O-])cc2)C1(C)CC3.Cc1ccc2c3c(sc2c1)[C@@H]1CC[C@@H](O)C1(C)CC3.Cc1ccc2c3c(sc2c1)[C@H]1CC[C@@H](O)C1(C)CC3. The standard InChI is InChI=1S/2C24H23NO4S.2C17H20OS.2C16H18O2S/c2*1-14-3-8-17-18-11-12-24(2)19(22(18)30-20(17)13-14)9-10-21(24)29-23(26)15-4-6-16(7-5-15)25(27)28;2*1-10-3-4-11-12-7-8-17(2)13(5-6-15(17)18)16(12)19-14(11)9-10;2*1-16-7-6-11-10-3-2-9(17)8-13(10)19-15(11)12(16)4-5-14(16)18/h2*3-8,13,19,21H,9-12H2,1-2H3;2*3-4,9,13,15,18H,5-8H2,1-2H3;2*2-3,8,12,14,17-18H,4-7H2,1H3/t;;13-,15+,17?;13-,15-,17?;12-,14+,16?;12-,14-,16?/m..0101/s1. The van der Waals surface area contributed by atoms with Gasteiger partial charge in [-0.25, -0.2) is 9.59 Å². The molecule has 12 aliphatic rings. The number of nitro groups is 2. The average Bonchev–Trinajstić information content (AvgIpc) is 1.56. The molecule has 136 heavy (non-hydrogen) atoms. The third-order valence-corrected chi connectivity index (χ3v) is 43.5. The number of non-ortho nitro benzene ring substituents is 2. The molecule has 6 N–H and O–H groups in total. The first-order chi connectivity index (χ1) is 65.1. The van der Waals surface area contributed by atoms with Gasteiger partial charge in [-0.2, -0.15) is 0 Å². The van der Waals surface area contributed by atoms with E-state index in [1.165, 1.54) is 173 Å². The number of phenolic OH excluding ortho intramolecular Hbond substituents is 2. The Morgan fingerprint density at radius 2 is 0.515 bits per heavy atom. The molecule has 0 saturated heterocycles. The molecule has 0 radical (unpaired) electrons. The summed E-state index contributed by atoms with van der Waals surface area (Å²) in [6, 6.07) is 49.8. The zero-order valence-electron chi connectivity index (χ0n) is 79.2. The van der Waals surface area contributed by atoms with Gasteiger partial charge in [-0.05, 0) is 355 Å². The lowest BCUT2D eigenvalue weighted by Crippen LogP contribution is -2.37. The van der Waals surface area contributed by atoms with Gasteiger partial charge in [-0.15, -0.1) is 68.0 Å². The Morgan fingerprint density at radius 1 is 0.301 bits per heavy atom. The van der Waals surface area contributed by atoms with Gasteiger partial charge in [-0.3, -0.25) is 20.2 Å². The number of aliphatic hydroxyl groups is 4. The fourth-order valence-corrected chi connectivity index (χ4v) is 36.9. The van der Waals surface area contributed by atoms with Crippen LogP contribution in [0.2, 0.25) is 0 Å². The summed E-state index contributed by atoms with van der Waals surface area (Å²) < 4.78 is 19.9. The second-order valence-electron chi connectivity index (χ2n) is 43.3. The highest BCUT2D eigenvalue weighted by molar-refractivity contribution is 7.21. The maximum absolute atomic E-state index is 12.7. The number of ether oxygens (including phenoxy) is 2. The Kier molecular flexibility index (Phi) is 24.3. The first-order valence-electron chi connectivity index (χ1n) is 49.3. The summed E-state index contributed by atoms with van der Waals surface area (Å²) in [6.07, 6.45) is 24.2. The molecule has 16 nitrogen and oxygen atoms in total. The molecule has 0 aliphatic heterocycles. The van der Waals surface area contributed by atoms with E-state index < -0.39 is 21.8 Å². The summed E-state index contributed by atoms with van der Waals surface area (Å²) >= 11 is 11.4. The van der Waals surface area contributed by atoms with Gasteiger partial charge in [0.25, 0.3) is 11.4 Å². The average molecular weight is 1940 g/mol. The van der Waals surface area contributed by atoms with Crippen molar-refractivity contribution in [1.29, 1.82) is 0 Å². The predicted molar refractivity (Wildman–Crippen MR) is 552 cm³/mol. The van der Waals surface area contributed by atoms with Gasteiger partial charge in [0.1, 0.15) is 23.7 Å². The Balaban J connectivity index is 0.0000000988. The van der Waals surface area contributed by atoms with Crippen molar-refractivity contribution in [3.8, 4) is 11.5 Å². The number of aliphatic hydroxyl groups excluding tert-OH is 4. The van der Waals surface area contributed by atoms with E-state index in [9.17, 15) is 60.5 Å². The highest BCUT2D eigenvalue weighted by atomic mass is 32.1. The molecule has 0 bridgehead atoms. The fraction of sp³-hybridized carbons (Fsp3) is 0.456. The molecule has 12 aliphatic carbocycles. The summed E-state index contributed by atoms with van der Waals surface area (Å²) in [4.78, 5) is 55.2. The van der Waals surface area contributed by atoms with Gasteiger partial charge >= 0.3 is 11.9 Å². The zero-order chi connectivity index (χ0) is 94.9. The molecule has 0 amide bonds. The van der Waals surface area contributed by atoms with Crippen molar-refractivity contribution >= 4 is 152 Å². The van der Waals surface area contributed by atoms with E-state index in [2.05, 4.69) is 142 Å². The number of aryl methyl sites for hydroxylation is 10. The van der Waals surface area contributed by atoms with Gasteiger partial charge < -0.3 is 40.1 Å². The number of nitro benzene ring substituents is 2. The number of nitrogens with zero attached hydrogens (tertiary/aromatic N) is 2. The van der Waals surface area contributed by atoms with E-state index in [-0.39, 0.29) is 80.5 Å². The topological polar surface area (TPSA) is 260 Å². The summed E-state index contributed by atoms with van der Waals surface area (Å²) in [5, 5.41) is 90.5. The van der Waals surface area contributed by atoms with E-state index in [0.29, 0.717) is 58.1 Å². The largest absolute Gasteiger partial charge is 0.508 e. The van der Waals surface area contributed by atoms with Crippen LogP contribution < -0.4 is 0 Å². The number of carbonyl (C=O) groups excluding carboxylic acids is 2. The molecule has 18 atom stereocenters. The van der Waals surface area contributed by atoms with Gasteiger partial charge in [0.15, 0.2) is 0 Å². The molecular formula is C114H122N2O14S6. The number of benzene rings is 8. The molecule has 26 rings (SSSR count). The Bertz CT molecular complexity index is 6450. The molecule has 10 unspecified atom stereocenters. The summed E-state index contributed by atoms with van der Waals surface area (Å²) in [5.41, 5.74) is 15.2.